The maximum Gasteiger partial charge on any atom is 0.310 e. The Kier molecular flexibility index (Phi) is 4.28. The monoisotopic (exact) mass is 336 g/mol. The smallest absolute Gasteiger partial charge is 0.310 e. The van der Waals surface area contributed by atoms with E-state index in [0.29, 0.717) is 25.8 Å². The number of nitrogens with one attached hydrogen (secondary N) is 1. The Morgan fingerprint density at radius 1 is 1.42 bits per heavy atom. The third kappa shape index (κ3) is 3.05. The largest absolute Gasteiger partial charge is 0.481 e. The first-order chi connectivity index (χ1) is 11.6. The molecule has 0 aromatic carbocycles. The standard InChI is InChI=1S/C16H24N4O4/c21-15(22)16(2-4-17-5-3-16)8-11-9-20(19-18-11)10-12-7-14-13(24-12)1-6-23-14/h9,12-14,17H,1-8,10H2,(H,21,22). The minimum atomic E-state index is -0.734. The molecule has 8 nitrogen and oxygen atoms in total. The molecule has 3 unspecified atom stereocenters. The van der Waals surface area contributed by atoms with Crippen molar-refractivity contribution in [3.8, 4) is 0 Å². The van der Waals surface area contributed by atoms with Crippen molar-refractivity contribution < 1.29 is 19.4 Å². The molecule has 0 saturated carbocycles. The van der Waals surface area contributed by atoms with Crippen LogP contribution in [0.4, 0.5) is 0 Å². The van der Waals surface area contributed by atoms with E-state index in [2.05, 4.69) is 15.6 Å². The van der Waals surface area contributed by atoms with Crippen LogP contribution in [0.1, 0.15) is 31.4 Å². The van der Waals surface area contributed by atoms with Gasteiger partial charge >= 0.3 is 5.97 Å². The van der Waals surface area contributed by atoms with Crippen LogP contribution in [0.25, 0.3) is 0 Å². The van der Waals surface area contributed by atoms with Crippen molar-refractivity contribution in [3.63, 3.8) is 0 Å². The first-order valence-corrected chi connectivity index (χ1v) is 8.75. The van der Waals surface area contributed by atoms with Crippen molar-refractivity contribution in [2.24, 2.45) is 5.41 Å². The van der Waals surface area contributed by atoms with Gasteiger partial charge in [-0.05, 0) is 32.4 Å². The molecule has 3 aliphatic heterocycles. The molecule has 132 valence electrons. The Morgan fingerprint density at radius 3 is 3.00 bits per heavy atom. The molecule has 4 heterocycles. The molecule has 1 aromatic rings. The molecule has 0 amide bonds. The van der Waals surface area contributed by atoms with Crippen LogP contribution in [0.15, 0.2) is 6.20 Å². The molecule has 4 rings (SSSR count). The van der Waals surface area contributed by atoms with Crippen molar-refractivity contribution in [2.75, 3.05) is 19.7 Å². The first kappa shape index (κ1) is 16.0. The van der Waals surface area contributed by atoms with E-state index in [1.54, 1.807) is 4.68 Å². The van der Waals surface area contributed by atoms with E-state index in [-0.39, 0.29) is 18.3 Å². The fourth-order valence-corrected chi connectivity index (χ4v) is 4.12. The second-order valence-corrected chi connectivity index (χ2v) is 7.17. The van der Waals surface area contributed by atoms with Crippen LogP contribution in [-0.4, -0.2) is 64.1 Å². The number of nitrogens with zero attached hydrogens (tertiary/aromatic N) is 3. The van der Waals surface area contributed by atoms with Crippen molar-refractivity contribution in [1.82, 2.24) is 20.3 Å². The van der Waals surface area contributed by atoms with E-state index in [4.69, 9.17) is 9.47 Å². The number of piperidine rings is 1. The van der Waals surface area contributed by atoms with Gasteiger partial charge in [-0.15, -0.1) is 5.10 Å². The Bertz CT molecular complexity index is 587. The number of hydrogen-bond acceptors (Lipinski definition) is 6. The molecule has 0 radical (unpaired) electrons. The zero-order chi connectivity index (χ0) is 16.6. The van der Waals surface area contributed by atoms with Crippen LogP contribution in [0.5, 0.6) is 0 Å². The summed E-state index contributed by atoms with van der Waals surface area (Å²) in [7, 11) is 0. The van der Waals surface area contributed by atoms with Crippen LogP contribution in [0.3, 0.4) is 0 Å². The summed E-state index contributed by atoms with van der Waals surface area (Å²) in [6.07, 6.45) is 5.97. The van der Waals surface area contributed by atoms with Gasteiger partial charge in [-0.25, -0.2) is 4.68 Å². The van der Waals surface area contributed by atoms with Crippen molar-refractivity contribution in [1.29, 1.82) is 0 Å². The highest BCUT2D eigenvalue weighted by Gasteiger charge is 2.41. The van der Waals surface area contributed by atoms with E-state index in [1.165, 1.54) is 0 Å². The summed E-state index contributed by atoms with van der Waals surface area (Å²) in [6, 6.07) is 0. The summed E-state index contributed by atoms with van der Waals surface area (Å²) in [5, 5.41) is 21.2. The average molecular weight is 336 g/mol. The molecular formula is C16H24N4O4. The molecule has 8 heteroatoms. The zero-order valence-electron chi connectivity index (χ0n) is 13.7. The van der Waals surface area contributed by atoms with Gasteiger partial charge in [-0.1, -0.05) is 5.21 Å². The molecule has 0 aliphatic carbocycles. The lowest BCUT2D eigenvalue weighted by Crippen LogP contribution is -2.43. The fraction of sp³-hybridized carbons (Fsp3) is 0.812. The summed E-state index contributed by atoms with van der Waals surface area (Å²) >= 11 is 0. The summed E-state index contributed by atoms with van der Waals surface area (Å²) in [5.74, 6) is -0.734. The molecule has 0 bridgehead atoms. The highest BCUT2D eigenvalue weighted by Crippen LogP contribution is 2.33. The van der Waals surface area contributed by atoms with Gasteiger partial charge in [0.15, 0.2) is 0 Å². The summed E-state index contributed by atoms with van der Waals surface area (Å²) < 4.78 is 13.4. The topological polar surface area (TPSA) is 98.5 Å². The third-order valence-electron chi connectivity index (χ3n) is 5.52. The van der Waals surface area contributed by atoms with Crippen LogP contribution in [-0.2, 0) is 27.2 Å². The summed E-state index contributed by atoms with van der Waals surface area (Å²) in [5.41, 5.74) is 0.0228. The highest BCUT2D eigenvalue weighted by molar-refractivity contribution is 5.75. The normalized spacial score (nSPS) is 31.9. The molecular weight excluding hydrogens is 312 g/mol. The molecule has 3 saturated heterocycles. The first-order valence-electron chi connectivity index (χ1n) is 8.75. The molecule has 1 aromatic heterocycles. The van der Waals surface area contributed by atoms with E-state index >= 15 is 0 Å². The van der Waals surface area contributed by atoms with E-state index < -0.39 is 11.4 Å². The predicted molar refractivity (Wildman–Crippen MR) is 83.5 cm³/mol. The number of aliphatic carboxylic acids is 1. The van der Waals surface area contributed by atoms with Crippen LogP contribution in [0.2, 0.25) is 0 Å². The number of carbonyl (C=O) groups is 1. The molecule has 3 fully saturated rings. The minimum Gasteiger partial charge on any atom is -0.481 e. The number of fused-ring (bicyclic) bond motifs is 1. The SMILES string of the molecule is O=C(O)C1(Cc2cn(CC3CC4OCCC4O3)nn2)CCNCC1. The second-order valence-electron chi connectivity index (χ2n) is 7.17. The lowest BCUT2D eigenvalue weighted by atomic mass is 9.75. The number of rotatable bonds is 5. The lowest BCUT2D eigenvalue weighted by Gasteiger charge is -2.32. The molecule has 3 aliphatic rings. The van der Waals surface area contributed by atoms with Gasteiger partial charge in [0.1, 0.15) is 0 Å². The van der Waals surface area contributed by atoms with E-state index in [1.807, 2.05) is 6.20 Å². The van der Waals surface area contributed by atoms with Gasteiger partial charge in [0.05, 0.1) is 36.0 Å². The predicted octanol–water partition coefficient (Wildman–Crippen LogP) is 0.221. The lowest BCUT2D eigenvalue weighted by molar-refractivity contribution is -0.150. The minimum absolute atomic E-state index is 0.0992. The van der Waals surface area contributed by atoms with Gasteiger partial charge in [-0.2, -0.15) is 0 Å². The molecule has 24 heavy (non-hydrogen) atoms. The van der Waals surface area contributed by atoms with Crippen molar-refractivity contribution in [2.45, 2.75) is 57.0 Å². The van der Waals surface area contributed by atoms with E-state index in [0.717, 1.165) is 38.2 Å². The summed E-state index contributed by atoms with van der Waals surface area (Å²) in [4.78, 5) is 11.8. The molecule has 2 N–H and O–H groups in total. The maximum absolute atomic E-state index is 11.8. The third-order valence-corrected chi connectivity index (χ3v) is 5.52. The number of hydrogen-bond donors (Lipinski definition) is 2. The van der Waals surface area contributed by atoms with Gasteiger partial charge < -0.3 is 19.9 Å². The molecule has 0 spiro atoms. The number of carboxylic acid groups (broad SMARTS) is 1. The Balaban J connectivity index is 1.38. The zero-order valence-corrected chi connectivity index (χ0v) is 13.7. The maximum atomic E-state index is 11.8. The van der Waals surface area contributed by atoms with Crippen LogP contribution >= 0.6 is 0 Å². The van der Waals surface area contributed by atoms with Crippen molar-refractivity contribution >= 4 is 5.97 Å². The Hall–Kier alpha value is -1.51. The number of carboxylic acids is 1. The average Bonchev–Trinajstić information content (AvgIpc) is 3.25. The van der Waals surface area contributed by atoms with Gasteiger partial charge in [0.25, 0.3) is 0 Å². The van der Waals surface area contributed by atoms with Crippen LogP contribution in [0, 0.1) is 5.41 Å². The van der Waals surface area contributed by atoms with E-state index in [9.17, 15) is 9.90 Å². The molecule has 3 atom stereocenters. The van der Waals surface area contributed by atoms with Gasteiger partial charge in [0.2, 0.25) is 0 Å². The van der Waals surface area contributed by atoms with Gasteiger partial charge in [-0.3, -0.25) is 4.79 Å². The quantitative estimate of drug-likeness (QED) is 0.794. The van der Waals surface area contributed by atoms with Crippen molar-refractivity contribution in [3.05, 3.63) is 11.9 Å². The Morgan fingerprint density at radius 2 is 2.25 bits per heavy atom. The summed E-state index contributed by atoms with van der Waals surface area (Å²) in [6.45, 7) is 2.91. The number of ether oxygens (including phenoxy) is 2. The number of aromatic nitrogens is 3. The second kappa shape index (κ2) is 6.42. The van der Waals surface area contributed by atoms with Gasteiger partial charge in [0, 0.05) is 25.6 Å². The fourth-order valence-electron chi connectivity index (χ4n) is 4.12. The van der Waals surface area contributed by atoms with Crippen LogP contribution < -0.4 is 5.32 Å². The Labute approximate surface area is 140 Å². The highest BCUT2D eigenvalue weighted by atomic mass is 16.6.